The Bertz CT molecular complexity index is 1610. The van der Waals surface area contributed by atoms with Crippen molar-refractivity contribution in [3.63, 3.8) is 0 Å². The van der Waals surface area contributed by atoms with Crippen LogP contribution in [0.15, 0.2) is 100 Å². The van der Waals surface area contributed by atoms with Gasteiger partial charge in [0, 0.05) is 16.4 Å². The van der Waals surface area contributed by atoms with E-state index in [1.165, 1.54) is 0 Å². The van der Waals surface area contributed by atoms with Crippen molar-refractivity contribution in [2.75, 3.05) is 12.4 Å². The molecule has 0 spiro atoms. The summed E-state index contributed by atoms with van der Waals surface area (Å²) < 4.78 is 41.1. The maximum Gasteiger partial charge on any atom is 0.456 e. The van der Waals surface area contributed by atoms with Crippen molar-refractivity contribution in [2.24, 2.45) is 0 Å². The number of rotatable bonds is 9. The average molecular weight is 696 g/mol. The monoisotopic (exact) mass is 694 g/mol. The average Bonchev–Trinajstić information content (AvgIpc) is 3.23. The minimum absolute atomic E-state index is 0.0254. The summed E-state index contributed by atoms with van der Waals surface area (Å²) >= 11 is 3.45. The lowest BCUT2D eigenvalue weighted by molar-refractivity contribution is 0.168. The molecule has 2 N–H and O–H groups in total. The van der Waals surface area contributed by atoms with E-state index in [0.717, 1.165) is 31.6 Å². The first-order valence-electron chi connectivity index (χ1n) is 15.0. The zero-order chi connectivity index (χ0) is 31.7. The van der Waals surface area contributed by atoms with Gasteiger partial charge in [-0.1, -0.05) is 109 Å². The summed E-state index contributed by atoms with van der Waals surface area (Å²) in [4.78, 5) is 0. The molecule has 2 aliphatic heterocycles. The third-order valence-electron chi connectivity index (χ3n) is 8.72. The largest absolute Gasteiger partial charge is 0.507 e. The second-order valence-corrected chi connectivity index (χ2v) is 20.3. The van der Waals surface area contributed by atoms with E-state index in [-0.39, 0.29) is 29.5 Å². The van der Waals surface area contributed by atoms with Gasteiger partial charge >= 0.3 is 7.12 Å². The van der Waals surface area contributed by atoms with Crippen LogP contribution in [-0.2, 0) is 18.9 Å². The van der Waals surface area contributed by atoms with Crippen LogP contribution in [0.25, 0.3) is 6.08 Å². The lowest BCUT2D eigenvalue weighted by Gasteiger charge is -2.43. The minimum Gasteiger partial charge on any atom is -0.507 e. The number of hydrogen-bond donors (Lipinski definition) is 2. The minimum atomic E-state index is -3.52. The van der Waals surface area contributed by atoms with Crippen molar-refractivity contribution < 1.29 is 27.6 Å². The van der Waals surface area contributed by atoms with Gasteiger partial charge in [-0.3, -0.25) is 0 Å². The van der Waals surface area contributed by atoms with Crippen molar-refractivity contribution in [3.05, 3.63) is 106 Å². The Kier molecular flexibility index (Phi) is 9.80. The van der Waals surface area contributed by atoms with Gasteiger partial charge in [0.25, 0.3) is 8.32 Å². The summed E-state index contributed by atoms with van der Waals surface area (Å²) in [6.07, 6.45) is 2.49. The molecule has 5 rings (SSSR count). The fourth-order valence-electron chi connectivity index (χ4n) is 6.70. The van der Waals surface area contributed by atoms with Crippen LogP contribution < -0.4 is 10.4 Å². The number of fused-ring (bicyclic) bond motifs is 1. The summed E-state index contributed by atoms with van der Waals surface area (Å²) in [5.41, 5.74) is 3.18. The van der Waals surface area contributed by atoms with Crippen LogP contribution in [0.4, 0.5) is 0 Å². The summed E-state index contributed by atoms with van der Waals surface area (Å²) in [5.74, 6) is 0.0859. The van der Waals surface area contributed by atoms with Crippen LogP contribution in [0.1, 0.15) is 46.1 Å². The van der Waals surface area contributed by atoms with Crippen LogP contribution >= 0.6 is 15.9 Å². The number of hydrogen-bond acceptors (Lipinski definition) is 6. The molecule has 0 aliphatic carbocycles. The number of phenols is 1. The highest BCUT2D eigenvalue weighted by atomic mass is 79.9. The molecule has 1 saturated heterocycles. The molecule has 0 bridgehead atoms. The third-order valence-corrected chi connectivity index (χ3v) is 16.3. The smallest absolute Gasteiger partial charge is 0.456 e. The molecular formula is C34H40BBrO6SSi. The van der Waals surface area contributed by atoms with Gasteiger partial charge in [0.2, 0.25) is 0 Å². The van der Waals surface area contributed by atoms with Crippen molar-refractivity contribution >= 4 is 57.7 Å². The number of halogens is 1. The molecule has 0 aromatic heterocycles. The SMILES string of the molecule is C/C(=C\c1cc(Br)ccc1O)CC[C@H]1OB(O)C[C@H]2C1=C(CO[Si](c1ccccc1)(c1ccccc1)C(C)(C)C)CS2(=O)=O. The molecule has 3 aromatic carbocycles. The normalized spacial score (nSPS) is 20.6. The molecule has 2 atom stereocenters. The van der Waals surface area contributed by atoms with Gasteiger partial charge in [0.05, 0.1) is 23.7 Å². The first-order chi connectivity index (χ1) is 20.8. The van der Waals surface area contributed by atoms with Crippen molar-refractivity contribution in [2.45, 2.75) is 63.2 Å². The molecule has 1 fully saturated rings. The Balaban J connectivity index is 1.49. The highest BCUT2D eigenvalue weighted by molar-refractivity contribution is 9.10. The van der Waals surface area contributed by atoms with E-state index in [1.54, 1.807) is 12.1 Å². The predicted octanol–water partition coefficient (Wildman–Crippen LogP) is 5.89. The fourth-order valence-corrected chi connectivity index (χ4v) is 13.7. The van der Waals surface area contributed by atoms with Crippen LogP contribution in [0.2, 0.25) is 11.4 Å². The molecule has 10 heteroatoms. The first kappa shape index (κ1) is 32.9. The van der Waals surface area contributed by atoms with E-state index >= 15 is 0 Å². The summed E-state index contributed by atoms with van der Waals surface area (Å²) in [5, 5.41) is 22.1. The third kappa shape index (κ3) is 6.71. The van der Waals surface area contributed by atoms with E-state index in [4.69, 9.17) is 9.08 Å². The number of phenolic OH excluding ortho intramolecular Hbond substituents is 1. The molecule has 0 unspecified atom stereocenters. The fraction of sp³-hybridized carbons (Fsp3) is 0.353. The van der Waals surface area contributed by atoms with E-state index in [2.05, 4.69) is 61.0 Å². The van der Waals surface area contributed by atoms with E-state index in [9.17, 15) is 18.5 Å². The number of benzene rings is 3. The van der Waals surface area contributed by atoms with Gasteiger partial charge in [-0.2, -0.15) is 0 Å². The maximum absolute atomic E-state index is 13.5. The maximum atomic E-state index is 13.5. The topological polar surface area (TPSA) is 93.1 Å². The van der Waals surface area contributed by atoms with Crippen LogP contribution in [-0.4, -0.2) is 57.7 Å². The van der Waals surface area contributed by atoms with Gasteiger partial charge in [-0.25, -0.2) is 8.42 Å². The lowest BCUT2D eigenvalue weighted by atomic mass is 9.74. The van der Waals surface area contributed by atoms with Gasteiger partial charge < -0.3 is 19.2 Å². The number of aromatic hydroxyl groups is 1. The highest BCUT2D eigenvalue weighted by Crippen LogP contribution is 2.42. The Morgan fingerprint density at radius 3 is 2.27 bits per heavy atom. The summed E-state index contributed by atoms with van der Waals surface area (Å²) in [7, 11) is -7.58. The second kappa shape index (κ2) is 13.1. The van der Waals surface area contributed by atoms with E-state index in [1.807, 2.05) is 55.5 Å². The zero-order valence-electron chi connectivity index (χ0n) is 25.7. The van der Waals surface area contributed by atoms with Crippen LogP contribution in [0.3, 0.4) is 0 Å². The molecule has 2 aliphatic rings. The molecule has 3 aromatic rings. The molecule has 6 nitrogen and oxygen atoms in total. The molecule has 0 radical (unpaired) electrons. The molecule has 232 valence electrons. The van der Waals surface area contributed by atoms with Gasteiger partial charge in [-0.05, 0) is 64.5 Å². The van der Waals surface area contributed by atoms with Crippen molar-refractivity contribution in [1.29, 1.82) is 0 Å². The molecule has 0 saturated carbocycles. The molecule has 2 heterocycles. The Labute approximate surface area is 271 Å². The zero-order valence-corrected chi connectivity index (χ0v) is 29.1. The highest BCUT2D eigenvalue weighted by Gasteiger charge is 2.52. The molecule has 44 heavy (non-hydrogen) atoms. The summed E-state index contributed by atoms with van der Waals surface area (Å²) in [6, 6.07) is 25.9. The number of allylic oxidation sites excluding steroid dienone is 1. The standard InChI is InChI=1S/C34H40BBrO6SSi/c1-24(19-25-20-27(36)16-17-30(25)37)15-18-31-33-26(23-43(39,40)32(33)21-35(38)42-31)22-41-44(34(2,3)4,28-11-7-5-8-12-28)29-13-9-6-10-14-29/h5-14,16-17,19-20,31-32,37-38H,15,18,21-23H2,1-4H3/b24-19+/t31-,32+/m1/s1. The quantitative estimate of drug-likeness (QED) is 0.215. The number of sulfone groups is 1. The van der Waals surface area contributed by atoms with Crippen molar-refractivity contribution in [3.8, 4) is 5.75 Å². The van der Waals surface area contributed by atoms with Crippen molar-refractivity contribution in [1.82, 2.24) is 0 Å². The predicted molar refractivity (Wildman–Crippen MR) is 185 cm³/mol. The van der Waals surface area contributed by atoms with Crippen LogP contribution in [0.5, 0.6) is 5.75 Å². The summed E-state index contributed by atoms with van der Waals surface area (Å²) in [6.45, 7) is 8.75. The Morgan fingerprint density at radius 1 is 1.07 bits per heavy atom. The van der Waals surface area contributed by atoms with Gasteiger partial charge in [0.15, 0.2) is 9.84 Å². The van der Waals surface area contributed by atoms with Gasteiger partial charge in [0.1, 0.15) is 5.75 Å². The first-order valence-corrected chi connectivity index (χ1v) is 19.4. The molecular weight excluding hydrogens is 655 g/mol. The molecule has 0 amide bonds. The second-order valence-electron chi connectivity index (χ2n) is 12.9. The van der Waals surface area contributed by atoms with E-state index < -0.39 is 36.6 Å². The van der Waals surface area contributed by atoms with E-state index in [0.29, 0.717) is 18.4 Å². The van der Waals surface area contributed by atoms with Gasteiger partial charge in [-0.15, -0.1) is 0 Å². The Morgan fingerprint density at radius 2 is 1.68 bits per heavy atom. The Hall–Kier alpha value is -2.47. The lowest BCUT2D eigenvalue weighted by Crippen LogP contribution is -2.66. The van der Waals surface area contributed by atoms with Crippen LogP contribution in [0, 0.1) is 0 Å².